The first-order valence-corrected chi connectivity index (χ1v) is 7.13. The second-order valence-corrected chi connectivity index (χ2v) is 5.69. The monoisotopic (exact) mass is 252 g/mol. The summed E-state index contributed by atoms with van der Waals surface area (Å²) < 4.78 is 0. The summed E-state index contributed by atoms with van der Waals surface area (Å²) in [4.78, 5) is 15.2. The molecule has 2 rings (SSSR count). The van der Waals surface area contributed by atoms with Gasteiger partial charge in [-0.25, -0.2) is 0 Å². The topological polar surface area (TPSA) is 46.3 Å². The van der Waals surface area contributed by atoms with Gasteiger partial charge in [-0.3, -0.25) is 4.79 Å². The van der Waals surface area contributed by atoms with Crippen LogP contribution in [0.5, 0.6) is 0 Å². The second-order valence-electron chi connectivity index (χ2n) is 4.77. The minimum atomic E-state index is 0.208. The van der Waals surface area contributed by atoms with Crippen LogP contribution in [0.1, 0.15) is 34.5 Å². The molecule has 1 atom stereocenters. The van der Waals surface area contributed by atoms with Crippen LogP contribution in [-0.2, 0) is 0 Å². The lowest BCUT2D eigenvalue weighted by atomic mass is 9.94. The van der Waals surface area contributed by atoms with Gasteiger partial charge in [0.15, 0.2) is 0 Å². The third-order valence-electron chi connectivity index (χ3n) is 3.44. The van der Waals surface area contributed by atoms with Crippen LogP contribution in [0.2, 0.25) is 0 Å². The molecule has 1 aromatic rings. The summed E-state index contributed by atoms with van der Waals surface area (Å²) >= 11 is 1.55. The predicted molar refractivity (Wildman–Crippen MR) is 71.4 cm³/mol. The summed E-state index contributed by atoms with van der Waals surface area (Å²) in [6.07, 6.45) is 3.36. The summed E-state index contributed by atoms with van der Waals surface area (Å²) in [6.45, 7) is 4.51. The Morgan fingerprint density at radius 3 is 3.12 bits per heavy atom. The number of hydrogen-bond donors (Lipinski definition) is 1. The molecule has 0 aromatic carbocycles. The van der Waals surface area contributed by atoms with Gasteiger partial charge in [0.1, 0.15) is 0 Å². The van der Waals surface area contributed by atoms with Crippen LogP contribution in [0, 0.1) is 12.8 Å². The molecule has 0 aliphatic carbocycles. The van der Waals surface area contributed by atoms with E-state index in [1.165, 1.54) is 6.42 Å². The summed E-state index contributed by atoms with van der Waals surface area (Å²) in [6, 6.07) is 2.01. The Morgan fingerprint density at radius 1 is 1.65 bits per heavy atom. The van der Waals surface area contributed by atoms with E-state index >= 15 is 0 Å². The van der Waals surface area contributed by atoms with Crippen LogP contribution >= 0.6 is 11.3 Å². The zero-order valence-electron chi connectivity index (χ0n) is 10.3. The Kier molecular flexibility index (Phi) is 4.18. The third-order valence-corrected chi connectivity index (χ3v) is 4.44. The number of nitrogens with two attached hydrogens (primary N) is 1. The zero-order valence-corrected chi connectivity index (χ0v) is 11.1. The van der Waals surface area contributed by atoms with Crippen LogP contribution in [0.15, 0.2) is 11.4 Å². The smallest absolute Gasteiger partial charge is 0.264 e. The lowest BCUT2D eigenvalue weighted by Gasteiger charge is -2.32. The summed E-state index contributed by atoms with van der Waals surface area (Å²) in [5, 5.41) is 1.99. The Bertz CT molecular complexity index is 387. The molecule has 1 aromatic heterocycles. The lowest BCUT2D eigenvalue weighted by molar-refractivity contribution is 0.0674. The number of thiophene rings is 1. The fourth-order valence-electron chi connectivity index (χ4n) is 2.46. The van der Waals surface area contributed by atoms with Crippen LogP contribution in [0.4, 0.5) is 0 Å². The molecule has 2 heterocycles. The highest BCUT2D eigenvalue weighted by atomic mass is 32.1. The molecular weight excluding hydrogens is 232 g/mol. The van der Waals surface area contributed by atoms with Crippen molar-refractivity contribution in [2.75, 3.05) is 19.6 Å². The summed E-state index contributed by atoms with van der Waals surface area (Å²) in [7, 11) is 0. The van der Waals surface area contributed by atoms with Crippen molar-refractivity contribution in [3.8, 4) is 0 Å². The maximum atomic E-state index is 12.3. The van der Waals surface area contributed by atoms with E-state index in [2.05, 4.69) is 0 Å². The van der Waals surface area contributed by atoms with Crippen molar-refractivity contribution in [2.24, 2.45) is 11.7 Å². The van der Waals surface area contributed by atoms with Crippen molar-refractivity contribution >= 4 is 17.2 Å². The average Bonchev–Trinajstić information content (AvgIpc) is 2.75. The number of amides is 1. The van der Waals surface area contributed by atoms with Crippen LogP contribution in [-0.4, -0.2) is 30.4 Å². The molecule has 2 N–H and O–H groups in total. The van der Waals surface area contributed by atoms with Crippen LogP contribution in [0.3, 0.4) is 0 Å². The van der Waals surface area contributed by atoms with Gasteiger partial charge in [-0.1, -0.05) is 0 Å². The quantitative estimate of drug-likeness (QED) is 0.897. The Morgan fingerprint density at radius 2 is 2.47 bits per heavy atom. The van der Waals surface area contributed by atoms with Crippen molar-refractivity contribution in [3.05, 3.63) is 21.9 Å². The molecule has 1 aliphatic rings. The molecule has 1 fully saturated rings. The lowest BCUT2D eigenvalue weighted by Crippen LogP contribution is -2.40. The highest BCUT2D eigenvalue weighted by Gasteiger charge is 2.25. The molecule has 1 saturated heterocycles. The number of carbonyl (C=O) groups is 1. The highest BCUT2D eigenvalue weighted by molar-refractivity contribution is 7.12. The van der Waals surface area contributed by atoms with Crippen LogP contribution < -0.4 is 5.73 Å². The zero-order chi connectivity index (χ0) is 12.3. The molecule has 0 saturated carbocycles. The standard InChI is InChI=1S/C13H20N2OS/c1-10-5-8-17-12(10)13(16)15-7-2-3-11(9-15)4-6-14/h5,8,11H,2-4,6-7,9,14H2,1H3. The first kappa shape index (κ1) is 12.6. The van der Waals surface area contributed by atoms with Gasteiger partial charge in [0.05, 0.1) is 4.88 Å². The van der Waals surface area contributed by atoms with Gasteiger partial charge in [-0.15, -0.1) is 11.3 Å². The fraction of sp³-hybridized carbons (Fsp3) is 0.615. The fourth-order valence-corrected chi connectivity index (χ4v) is 3.35. The highest BCUT2D eigenvalue weighted by Crippen LogP contribution is 2.23. The van der Waals surface area contributed by atoms with Gasteiger partial charge in [0, 0.05) is 13.1 Å². The molecule has 3 nitrogen and oxygen atoms in total. The molecule has 4 heteroatoms. The molecule has 0 bridgehead atoms. The summed E-state index contributed by atoms with van der Waals surface area (Å²) in [5.41, 5.74) is 6.70. The SMILES string of the molecule is Cc1ccsc1C(=O)N1CCCC(CCN)C1. The molecule has 0 radical (unpaired) electrons. The van der Waals surface area contributed by atoms with Gasteiger partial charge in [0.25, 0.3) is 5.91 Å². The first-order chi connectivity index (χ1) is 8.22. The van der Waals surface area contributed by atoms with Crippen molar-refractivity contribution in [1.82, 2.24) is 4.90 Å². The number of likely N-dealkylation sites (tertiary alicyclic amines) is 1. The number of hydrogen-bond acceptors (Lipinski definition) is 3. The normalized spacial score (nSPS) is 20.6. The summed E-state index contributed by atoms with van der Waals surface area (Å²) in [5.74, 6) is 0.803. The number of piperidine rings is 1. The molecule has 1 unspecified atom stereocenters. The van der Waals surface area contributed by atoms with Crippen molar-refractivity contribution < 1.29 is 4.79 Å². The van der Waals surface area contributed by atoms with E-state index in [0.29, 0.717) is 5.92 Å². The largest absolute Gasteiger partial charge is 0.338 e. The second kappa shape index (κ2) is 5.65. The van der Waals surface area contributed by atoms with E-state index in [1.807, 2.05) is 23.3 Å². The van der Waals surface area contributed by atoms with Crippen LogP contribution in [0.25, 0.3) is 0 Å². The number of rotatable bonds is 3. The average molecular weight is 252 g/mol. The van der Waals surface area contributed by atoms with E-state index in [4.69, 9.17) is 5.73 Å². The molecule has 94 valence electrons. The maximum absolute atomic E-state index is 12.3. The van der Waals surface area contributed by atoms with Gasteiger partial charge in [-0.05, 0) is 55.7 Å². The number of aryl methyl sites for hydroxylation is 1. The number of nitrogens with zero attached hydrogens (tertiary/aromatic N) is 1. The maximum Gasteiger partial charge on any atom is 0.264 e. The molecular formula is C13H20N2OS. The molecule has 1 aliphatic heterocycles. The minimum Gasteiger partial charge on any atom is -0.338 e. The molecule has 17 heavy (non-hydrogen) atoms. The van der Waals surface area contributed by atoms with Crippen molar-refractivity contribution in [3.63, 3.8) is 0 Å². The molecule has 1 amide bonds. The van der Waals surface area contributed by atoms with Gasteiger partial charge >= 0.3 is 0 Å². The van der Waals surface area contributed by atoms with E-state index in [0.717, 1.165) is 42.9 Å². The van der Waals surface area contributed by atoms with Crippen molar-refractivity contribution in [1.29, 1.82) is 0 Å². The van der Waals surface area contributed by atoms with Crippen molar-refractivity contribution in [2.45, 2.75) is 26.2 Å². The Labute approximate surface area is 107 Å². The van der Waals surface area contributed by atoms with Gasteiger partial charge in [0.2, 0.25) is 0 Å². The van der Waals surface area contributed by atoms with E-state index in [9.17, 15) is 4.79 Å². The van der Waals surface area contributed by atoms with E-state index in [1.54, 1.807) is 11.3 Å². The third kappa shape index (κ3) is 2.87. The Balaban J connectivity index is 2.02. The predicted octanol–water partition coefficient (Wildman–Crippen LogP) is 2.26. The minimum absolute atomic E-state index is 0.208. The Hall–Kier alpha value is -0.870. The van der Waals surface area contributed by atoms with Gasteiger partial charge < -0.3 is 10.6 Å². The molecule has 0 spiro atoms. The van der Waals surface area contributed by atoms with E-state index < -0.39 is 0 Å². The first-order valence-electron chi connectivity index (χ1n) is 6.26. The number of carbonyl (C=O) groups excluding carboxylic acids is 1. The van der Waals surface area contributed by atoms with Gasteiger partial charge in [-0.2, -0.15) is 0 Å². The van der Waals surface area contributed by atoms with E-state index in [-0.39, 0.29) is 5.91 Å².